The third-order valence-electron chi connectivity index (χ3n) is 3.13. The van der Waals surface area contributed by atoms with Crippen molar-refractivity contribution in [3.8, 4) is 0 Å². The molecule has 0 aromatic heterocycles. The van der Waals surface area contributed by atoms with Gasteiger partial charge >= 0.3 is 0 Å². The number of thioether (sulfide) groups is 1. The van der Waals surface area contributed by atoms with E-state index in [4.69, 9.17) is 5.11 Å². The zero-order chi connectivity index (χ0) is 16.2. The summed E-state index contributed by atoms with van der Waals surface area (Å²) in [4.78, 5) is 1.43. The van der Waals surface area contributed by atoms with Gasteiger partial charge in [-0.3, -0.25) is 0 Å². The van der Waals surface area contributed by atoms with Crippen molar-refractivity contribution < 1.29 is 5.11 Å². The fraction of sp³-hybridized carbons (Fsp3) is 0.200. The number of aryl methyl sites for hydroxylation is 1. The summed E-state index contributed by atoms with van der Waals surface area (Å²) < 4.78 is 0. The van der Waals surface area contributed by atoms with Gasteiger partial charge in [-0.25, -0.2) is 0 Å². The first-order chi connectivity index (χ1) is 10.8. The summed E-state index contributed by atoms with van der Waals surface area (Å²) in [6.07, 6.45) is 13.8. The van der Waals surface area contributed by atoms with E-state index in [0.29, 0.717) is 0 Å². The molecule has 0 aliphatic heterocycles. The summed E-state index contributed by atoms with van der Waals surface area (Å²) in [6.45, 7) is 2.12. The van der Waals surface area contributed by atoms with Crippen LogP contribution >= 0.6 is 11.8 Å². The van der Waals surface area contributed by atoms with Gasteiger partial charge < -0.3 is 5.11 Å². The number of benzene rings is 2. The van der Waals surface area contributed by atoms with Crippen LogP contribution in [-0.4, -0.2) is 18.5 Å². The lowest BCUT2D eigenvalue weighted by Crippen LogP contribution is -1.73. The zero-order valence-corrected chi connectivity index (χ0v) is 14.3. The normalized spacial score (nSPS) is 12.5. The molecular weight excluding hydrogens is 288 g/mol. The van der Waals surface area contributed by atoms with Crippen LogP contribution in [0.4, 0.5) is 0 Å². The highest BCUT2D eigenvalue weighted by molar-refractivity contribution is 8.02. The van der Waals surface area contributed by atoms with Crippen molar-refractivity contribution >= 4 is 22.5 Å². The molecule has 0 atom stereocenters. The molecular formula is C20H24OS. The summed E-state index contributed by atoms with van der Waals surface area (Å²) in [6, 6.07) is 14.9. The number of aliphatic hydroxyl groups is 1. The van der Waals surface area contributed by atoms with Gasteiger partial charge in [0.2, 0.25) is 0 Å². The quantitative estimate of drug-likeness (QED) is 0.749. The highest BCUT2D eigenvalue weighted by Gasteiger charge is 1.90. The highest BCUT2D eigenvalue weighted by Crippen LogP contribution is 2.17. The molecule has 0 spiro atoms. The van der Waals surface area contributed by atoms with Crippen molar-refractivity contribution in [2.75, 3.05) is 13.4 Å². The molecule has 0 heterocycles. The first kappa shape index (κ1) is 18.3. The zero-order valence-electron chi connectivity index (χ0n) is 13.5. The molecule has 1 aliphatic rings. The maximum Gasteiger partial charge on any atom is 0.0319 e. The summed E-state index contributed by atoms with van der Waals surface area (Å²) in [5.74, 6) is 0. The van der Waals surface area contributed by atoms with Gasteiger partial charge in [0, 0.05) is 7.11 Å². The van der Waals surface area contributed by atoms with E-state index in [-0.39, 0.29) is 0 Å². The Kier molecular flexibility index (Phi) is 9.04. The van der Waals surface area contributed by atoms with E-state index in [2.05, 4.69) is 86.0 Å². The molecule has 22 heavy (non-hydrogen) atoms. The molecule has 0 saturated heterocycles. The Morgan fingerprint density at radius 2 is 1.64 bits per heavy atom. The number of rotatable bonds is 1. The molecule has 0 fully saturated rings. The Balaban J connectivity index is 0.000000202. The second-order valence-electron chi connectivity index (χ2n) is 4.70. The van der Waals surface area contributed by atoms with E-state index >= 15 is 0 Å². The number of aliphatic hydroxyl groups excluding tert-OH is 1. The van der Waals surface area contributed by atoms with Crippen molar-refractivity contribution in [3.63, 3.8) is 0 Å². The molecule has 0 amide bonds. The van der Waals surface area contributed by atoms with Crippen LogP contribution in [0.1, 0.15) is 12.0 Å². The third kappa shape index (κ3) is 6.33. The fourth-order valence-electron chi connectivity index (χ4n) is 2.02. The fourth-order valence-corrected chi connectivity index (χ4v) is 2.50. The average Bonchev–Trinajstić information content (AvgIpc) is 2.86. The van der Waals surface area contributed by atoms with Crippen molar-refractivity contribution in [2.45, 2.75) is 13.3 Å². The van der Waals surface area contributed by atoms with Gasteiger partial charge in [-0.2, -0.15) is 0 Å². The molecule has 0 saturated carbocycles. The Hall–Kier alpha value is -1.77. The van der Waals surface area contributed by atoms with Gasteiger partial charge in [-0.05, 0) is 35.3 Å². The second kappa shape index (κ2) is 10.9. The summed E-state index contributed by atoms with van der Waals surface area (Å²) in [5, 5.41) is 9.64. The minimum atomic E-state index is 1.00. The third-order valence-corrected chi connectivity index (χ3v) is 3.95. The van der Waals surface area contributed by atoms with E-state index in [1.165, 1.54) is 21.2 Å². The summed E-state index contributed by atoms with van der Waals surface area (Å²) in [5.41, 5.74) is 1.32. The molecule has 3 rings (SSSR count). The predicted molar refractivity (Wildman–Crippen MR) is 101 cm³/mol. The second-order valence-corrected chi connectivity index (χ2v) is 5.64. The topological polar surface area (TPSA) is 20.2 Å². The maximum atomic E-state index is 7.00. The SMILES string of the molecule is CO.CSC1=CC=CC=CC1.Cc1ccc2ccccc2c1. The number of fused-ring (bicyclic) bond motifs is 1. The largest absolute Gasteiger partial charge is 0.400 e. The lowest BCUT2D eigenvalue weighted by atomic mass is 10.1. The van der Waals surface area contributed by atoms with Crippen LogP contribution in [0.25, 0.3) is 10.8 Å². The smallest absolute Gasteiger partial charge is 0.0319 e. The van der Waals surface area contributed by atoms with Crippen LogP contribution < -0.4 is 0 Å². The standard InChI is InChI=1S/C11H10.C8H10S.CH4O/c1-9-6-7-10-4-2-3-5-11(10)8-9;1-9-8-6-4-2-3-5-7-8;1-2/h2-8H,1H3;2-6H,7H2,1H3;2H,1H3. The highest BCUT2D eigenvalue weighted by atomic mass is 32.2. The van der Waals surface area contributed by atoms with Crippen LogP contribution in [0.2, 0.25) is 0 Å². The van der Waals surface area contributed by atoms with Crippen LogP contribution in [-0.2, 0) is 0 Å². The van der Waals surface area contributed by atoms with Crippen molar-refractivity contribution in [3.05, 3.63) is 83.3 Å². The van der Waals surface area contributed by atoms with Gasteiger partial charge in [-0.1, -0.05) is 78.4 Å². The summed E-state index contributed by atoms with van der Waals surface area (Å²) >= 11 is 1.82. The van der Waals surface area contributed by atoms with Crippen molar-refractivity contribution in [1.82, 2.24) is 0 Å². The van der Waals surface area contributed by atoms with E-state index in [9.17, 15) is 0 Å². The van der Waals surface area contributed by atoms with Crippen LogP contribution in [0, 0.1) is 6.92 Å². The lowest BCUT2D eigenvalue weighted by Gasteiger charge is -1.96. The van der Waals surface area contributed by atoms with E-state index in [1.54, 1.807) is 0 Å². The average molecular weight is 312 g/mol. The van der Waals surface area contributed by atoms with Gasteiger partial charge in [0.1, 0.15) is 0 Å². The van der Waals surface area contributed by atoms with Crippen LogP contribution in [0.15, 0.2) is 77.7 Å². The maximum absolute atomic E-state index is 7.00. The molecule has 116 valence electrons. The molecule has 2 aromatic rings. The van der Waals surface area contributed by atoms with Crippen LogP contribution in [0.3, 0.4) is 0 Å². The van der Waals surface area contributed by atoms with Gasteiger partial charge in [0.05, 0.1) is 0 Å². The van der Waals surface area contributed by atoms with E-state index in [1.807, 2.05) is 11.8 Å². The van der Waals surface area contributed by atoms with Crippen LogP contribution in [0.5, 0.6) is 0 Å². The monoisotopic (exact) mass is 312 g/mol. The molecule has 1 nitrogen and oxygen atoms in total. The number of hydrogen-bond acceptors (Lipinski definition) is 2. The van der Waals surface area contributed by atoms with Gasteiger partial charge in [0.15, 0.2) is 0 Å². The Morgan fingerprint density at radius 1 is 0.909 bits per heavy atom. The molecule has 0 bridgehead atoms. The minimum Gasteiger partial charge on any atom is -0.400 e. The lowest BCUT2D eigenvalue weighted by molar-refractivity contribution is 0.399. The van der Waals surface area contributed by atoms with Crippen molar-refractivity contribution in [2.24, 2.45) is 0 Å². The predicted octanol–water partition coefficient (Wildman–Crippen LogP) is 5.51. The molecule has 2 aromatic carbocycles. The first-order valence-corrected chi connectivity index (χ1v) is 8.48. The summed E-state index contributed by atoms with van der Waals surface area (Å²) in [7, 11) is 1.00. The molecule has 1 N–H and O–H groups in total. The number of hydrogen-bond donors (Lipinski definition) is 1. The Bertz CT molecular complexity index is 654. The van der Waals surface area contributed by atoms with E-state index in [0.717, 1.165) is 13.5 Å². The molecule has 0 unspecified atom stereocenters. The van der Waals surface area contributed by atoms with Crippen molar-refractivity contribution in [1.29, 1.82) is 0 Å². The first-order valence-electron chi connectivity index (χ1n) is 7.26. The molecule has 0 radical (unpaired) electrons. The number of allylic oxidation sites excluding steroid dienone is 6. The van der Waals surface area contributed by atoms with E-state index < -0.39 is 0 Å². The Morgan fingerprint density at radius 3 is 2.36 bits per heavy atom. The molecule has 2 heteroatoms. The Labute approximate surface area is 138 Å². The van der Waals surface area contributed by atoms with Gasteiger partial charge in [-0.15, -0.1) is 11.8 Å². The van der Waals surface area contributed by atoms with Gasteiger partial charge in [0.25, 0.3) is 0 Å². The molecule has 1 aliphatic carbocycles. The minimum absolute atomic E-state index is 1.00.